The van der Waals surface area contributed by atoms with E-state index in [1.165, 1.54) is 24.3 Å². The van der Waals surface area contributed by atoms with Gasteiger partial charge in [-0.15, -0.1) is 0 Å². The average molecular weight is 524 g/mol. The van der Waals surface area contributed by atoms with Gasteiger partial charge in [-0.2, -0.15) is 8.42 Å². The number of carboxylic acids is 2. The van der Waals surface area contributed by atoms with Crippen LogP contribution in [0.25, 0.3) is 0 Å². The Morgan fingerprint density at radius 3 is 1.40 bits per heavy atom. The van der Waals surface area contributed by atoms with Gasteiger partial charge in [0.2, 0.25) is 0 Å². The number of aromatic carboxylic acids is 2. The molecule has 5 N–H and O–H groups in total. The van der Waals surface area contributed by atoms with E-state index in [0.717, 1.165) is 6.07 Å². The molecule has 2 aromatic rings. The third-order valence-electron chi connectivity index (χ3n) is 3.68. The Bertz CT molecular complexity index is 1090. The average Bonchev–Trinajstić information content (AvgIpc) is 2.80. The van der Waals surface area contributed by atoms with Gasteiger partial charge in [0.1, 0.15) is 13.2 Å². The van der Waals surface area contributed by atoms with Gasteiger partial charge in [0.25, 0.3) is 10.1 Å². The van der Waals surface area contributed by atoms with Gasteiger partial charge < -0.3 is 29.9 Å². The summed E-state index contributed by atoms with van der Waals surface area (Å²) in [4.78, 5) is 43.3. The van der Waals surface area contributed by atoms with E-state index in [4.69, 9.17) is 34.5 Å². The molecular formula is C20H21NaO13S. The Morgan fingerprint density at radius 1 is 0.714 bits per heavy atom. The summed E-state index contributed by atoms with van der Waals surface area (Å²) in [7, 11) is -4.64. The number of hydrogen-bond acceptors (Lipinski definition) is 10. The van der Waals surface area contributed by atoms with Crippen molar-refractivity contribution in [2.45, 2.75) is 4.90 Å². The van der Waals surface area contributed by atoms with Crippen LogP contribution in [-0.2, 0) is 19.6 Å². The first kappa shape index (κ1) is 32.1. The van der Waals surface area contributed by atoms with Crippen LogP contribution < -0.4 is 0 Å². The van der Waals surface area contributed by atoms with Gasteiger partial charge in [-0.25, -0.2) is 19.2 Å². The predicted molar refractivity (Wildman–Crippen MR) is 119 cm³/mol. The van der Waals surface area contributed by atoms with Gasteiger partial charge >= 0.3 is 53.4 Å². The van der Waals surface area contributed by atoms with Gasteiger partial charge in [-0.1, -0.05) is 6.07 Å². The van der Waals surface area contributed by atoms with Crippen LogP contribution in [0.3, 0.4) is 0 Å². The molecule has 0 spiro atoms. The van der Waals surface area contributed by atoms with Crippen LogP contribution in [0.2, 0.25) is 0 Å². The third kappa shape index (κ3) is 11.0. The number of carbonyl (C=O) groups excluding carboxylic acids is 2. The van der Waals surface area contributed by atoms with Crippen molar-refractivity contribution in [3.8, 4) is 0 Å². The first-order valence-corrected chi connectivity index (χ1v) is 10.6. The Hall–Kier alpha value is -2.85. The summed E-state index contributed by atoms with van der Waals surface area (Å²) in [5, 5.41) is 34.3. The summed E-state index contributed by atoms with van der Waals surface area (Å²) in [5.41, 5.74) is -0.677. The number of ether oxygens (including phenoxy) is 2. The molecule has 0 fully saturated rings. The third-order valence-corrected chi connectivity index (χ3v) is 4.51. The van der Waals surface area contributed by atoms with E-state index >= 15 is 0 Å². The molecule has 0 aliphatic heterocycles. The molecule has 0 radical (unpaired) electrons. The standard InChI is InChI=1S/C12H14O6.C8H6O7S.Na.H/c13-4-6-17-11(15)9-2-1-3-10(8-9)12(16)18-7-5-14;9-7(10)4-1-5(8(11)12)3-6(2-4)16(13,14)15;;/h1-3,8,13-14H,4-7H2;1-3H,(H,9,10)(H,11,12)(H,13,14,15);;. The molecule has 15 heteroatoms. The molecule has 0 saturated heterocycles. The van der Waals surface area contributed by atoms with Crippen molar-refractivity contribution in [2.24, 2.45) is 0 Å². The minimum absolute atomic E-state index is 0. The molecule has 186 valence electrons. The van der Waals surface area contributed by atoms with Crippen LogP contribution in [0, 0.1) is 0 Å². The van der Waals surface area contributed by atoms with Crippen molar-refractivity contribution < 1.29 is 62.0 Å². The molecule has 2 rings (SSSR count). The zero-order valence-corrected chi connectivity index (χ0v) is 18.1. The monoisotopic (exact) mass is 524 g/mol. The SMILES string of the molecule is O=C(O)c1cc(C(=O)O)cc(S(=O)(=O)O)c1.O=C(OCCO)c1cccc(C(=O)OCCO)c1.[NaH]. The second-order valence-electron chi connectivity index (χ2n) is 6.13. The van der Waals surface area contributed by atoms with Gasteiger partial charge in [-0.05, 0) is 36.4 Å². The van der Waals surface area contributed by atoms with E-state index < -0.39 is 50.0 Å². The van der Waals surface area contributed by atoms with Crippen LogP contribution in [-0.4, -0.2) is 113 Å². The molecular weight excluding hydrogens is 503 g/mol. The summed E-state index contributed by atoms with van der Waals surface area (Å²) in [5.74, 6) is -4.23. The summed E-state index contributed by atoms with van der Waals surface area (Å²) >= 11 is 0. The first-order chi connectivity index (χ1) is 15.9. The zero-order chi connectivity index (χ0) is 25.9. The second-order valence-corrected chi connectivity index (χ2v) is 7.55. The number of rotatable bonds is 9. The maximum absolute atomic E-state index is 11.5. The number of carbonyl (C=O) groups is 4. The molecule has 0 aliphatic rings. The Labute approximate surface area is 221 Å². The van der Waals surface area contributed by atoms with Crippen molar-refractivity contribution >= 4 is 63.6 Å². The van der Waals surface area contributed by atoms with Crippen molar-refractivity contribution in [3.63, 3.8) is 0 Å². The van der Waals surface area contributed by atoms with Crippen LogP contribution >= 0.6 is 0 Å². The quantitative estimate of drug-likeness (QED) is 0.161. The van der Waals surface area contributed by atoms with Gasteiger partial charge in [0, 0.05) is 0 Å². The molecule has 0 bridgehead atoms. The minimum atomic E-state index is -4.64. The number of aliphatic hydroxyl groups excluding tert-OH is 2. The van der Waals surface area contributed by atoms with Crippen LogP contribution in [0.4, 0.5) is 0 Å². The Kier molecular flexibility index (Phi) is 14.0. The summed E-state index contributed by atoms with van der Waals surface area (Å²) in [6.45, 7) is -0.718. The van der Waals surface area contributed by atoms with Crippen LogP contribution in [0.15, 0.2) is 47.4 Å². The Balaban J connectivity index is 0.000000646. The number of carboxylic acid groups (broad SMARTS) is 2. The van der Waals surface area contributed by atoms with E-state index in [1.807, 2.05) is 0 Å². The molecule has 0 saturated carbocycles. The fourth-order valence-electron chi connectivity index (χ4n) is 2.21. The molecule has 2 aromatic carbocycles. The van der Waals surface area contributed by atoms with E-state index in [0.29, 0.717) is 12.1 Å². The van der Waals surface area contributed by atoms with E-state index in [-0.39, 0.29) is 67.1 Å². The normalized spacial score (nSPS) is 10.1. The molecule has 13 nitrogen and oxygen atoms in total. The molecule has 0 atom stereocenters. The summed E-state index contributed by atoms with van der Waals surface area (Å²) < 4.78 is 39.6. The Morgan fingerprint density at radius 2 is 1.09 bits per heavy atom. The molecule has 0 aliphatic carbocycles. The van der Waals surface area contributed by atoms with Crippen LogP contribution in [0.5, 0.6) is 0 Å². The molecule has 0 unspecified atom stereocenters. The van der Waals surface area contributed by atoms with Crippen molar-refractivity contribution in [3.05, 3.63) is 64.7 Å². The van der Waals surface area contributed by atoms with E-state index in [1.54, 1.807) is 0 Å². The molecule has 35 heavy (non-hydrogen) atoms. The predicted octanol–water partition coefficient (Wildman–Crippen LogP) is -0.334. The topological polar surface area (TPSA) is 222 Å². The van der Waals surface area contributed by atoms with Crippen molar-refractivity contribution in [1.29, 1.82) is 0 Å². The molecule has 0 heterocycles. The fourth-order valence-corrected chi connectivity index (χ4v) is 2.76. The summed E-state index contributed by atoms with van der Waals surface area (Å²) in [6, 6.07) is 7.96. The van der Waals surface area contributed by atoms with Crippen molar-refractivity contribution in [2.75, 3.05) is 26.4 Å². The molecule has 0 aromatic heterocycles. The van der Waals surface area contributed by atoms with E-state index in [9.17, 15) is 27.6 Å². The second kappa shape index (κ2) is 15.2. The number of aliphatic hydroxyl groups is 2. The van der Waals surface area contributed by atoms with E-state index in [2.05, 4.69) is 0 Å². The molecule has 0 amide bonds. The number of hydrogen-bond donors (Lipinski definition) is 5. The maximum atomic E-state index is 11.5. The zero-order valence-electron chi connectivity index (χ0n) is 17.3. The number of esters is 2. The van der Waals surface area contributed by atoms with Gasteiger partial charge in [-0.3, -0.25) is 4.55 Å². The van der Waals surface area contributed by atoms with Crippen LogP contribution in [0.1, 0.15) is 41.4 Å². The summed E-state index contributed by atoms with van der Waals surface area (Å²) in [6.07, 6.45) is 0. The first-order valence-electron chi connectivity index (χ1n) is 9.16. The van der Waals surface area contributed by atoms with Gasteiger partial charge in [0.05, 0.1) is 40.4 Å². The fraction of sp³-hybridized carbons (Fsp3) is 0.200. The van der Waals surface area contributed by atoms with Gasteiger partial charge in [0.15, 0.2) is 0 Å². The van der Waals surface area contributed by atoms with Crippen molar-refractivity contribution in [1.82, 2.24) is 0 Å². The number of benzene rings is 2.